The van der Waals surface area contributed by atoms with Crippen LogP contribution in [0, 0.1) is 5.82 Å². The van der Waals surface area contributed by atoms with Gasteiger partial charge in [-0.1, -0.05) is 18.2 Å². The average Bonchev–Trinajstić information content (AvgIpc) is 2.65. The third kappa shape index (κ3) is 4.93. The Hall–Kier alpha value is -2.65. The third-order valence-electron chi connectivity index (χ3n) is 3.52. The van der Waals surface area contributed by atoms with Gasteiger partial charge >= 0.3 is 0 Å². The number of ether oxygens (including phenoxy) is 2. The standard InChI is InChI=1S/C17H19FN2O5S/c1-24-13-7-8-16(15(9-13)25-2)26(22,23)20-11-17(21)19-10-12-5-3-4-6-14(12)18/h3-9,20H,10-11H2,1-2H3,(H,19,21). The van der Waals surface area contributed by atoms with Crippen molar-refractivity contribution in [1.82, 2.24) is 10.0 Å². The Bertz CT molecular complexity index is 886. The summed E-state index contributed by atoms with van der Waals surface area (Å²) in [7, 11) is -1.21. The van der Waals surface area contributed by atoms with Crippen molar-refractivity contribution in [2.24, 2.45) is 0 Å². The van der Waals surface area contributed by atoms with Gasteiger partial charge in [0.2, 0.25) is 15.9 Å². The topological polar surface area (TPSA) is 93.7 Å². The smallest absolute Gasteiger partial charge is 0.244 e. The lowest BCUT2D eigenvalue weighted by atomic mass is 10.2. The van der Waals surface area contributed by atoms with Crippen molar-refractivity contribution in [3.05, 3.63) is 53.8 Å². The number of hydrogen-bond donors (Lipinski definition) is 2. The predicted octanol–water partition coefficient (Wildman–Crippen LogP) is 1.44. The average molecular weight is 382 g/mol. The first-order chi connectivity index (χ1) is 12.4. The first kappa shape index (κ1) is 19.7. The van der Waals surface area contributed by atoms with E-state index in [1.807, 2.05) is 0 Å². The van der Waals surface area contributed by atoms with Gasteiger partial charge in [-0.3, -0.25) is 4.79 Å². The number of amides is 1. The van der Waals surface area contributed by atoms with Gasteiger partial charge in [0.15, 0.2) is 0 Å². The highest BCUT2D eigenvalue weighted by Gasteiger charge is 2.21. The van der Waals surface area contributed by atoms with Crippen molar-refractivity contribution < 1.29 is 27.1 Å². The van der Waals surface area contributed by atoms with Gasteiger partial charge in [0.05, 0.1) is 20.8 Å². The molecule has 0 spiro atoms. The maximum absolute atomic E-state index is 13.5. The van der Waals surface area contributed by atoms with E-state index in [4.69, 9.17) is 9.47 Å². The first-order valence-corrected chi connectivity index (χ1v) is 9.07. The quantitative estimate of drug-likeness (QED) is 0.721. The molecule has 7 nitrogen and oxygen atoms in total. The van der Waals surface area contributed by atoms with Crippen molar-refractivity contribution in [3.63, 3.8) is 0 Å². The van der Waals surface area contributed by atoms with E-state index in [1.54, 1.807) is 6.07 Å². The molecule has 26 heavy (non-hydrogen) atoms. The van der Waals surface area contributed by atoms with Crippen LogP contribution in [0.3, 0.4) is 0 Å². The predicted molar refractivity (Wildman–Crippen MR) is 93.0 cm³/mol. The summed E-state index contributed by atoms with van der Waals surface area (Å²) in [4.78, 5) is 11.7. The fraction of sp³-hybridized carbons (Fsp3) is 0.235. The normalized spacial score (nSPS) is 11.0. The summed E-state index contributed by atoms with van der Waals surface area (Å²) in [5.41, 5.74) is 0.306. The number of hydrogen-bond acceptors (Lipinski definition) is 5. The molecule has 140 valence electrons. The van der Waals surface area contributed by atoms with Crippen LogP contribution in [0.5, 0.6) is 11.5 Å². The minimum atomic E-state index is -3.98. The molecule has 0 radical (unpaired) electrons. The number of carbonyl (C=O) groups is 1. The van der Waals surface area contributed by atoms with Crippen molar-refractivity contribution in [2.75, 3.05) is 20.8 Å². The zero-order valence-electron chi connectivity index (χ0n) is 14.3. The maximum Gasteiger partial charge on any atom is 0.244 e. The molecule has 0 aliphatic rings. The summed E-state index contributed by atoms with van der Waals surface area (Å²) in [6.07, 6.45) is 0. The fourth-order valence-corrected chi connectivity index (χ4v) is 3.26. The molecule has 0 fully saturated rings. The molecule has 0 bridgehead atoms. The maximum atomic E-state index is 13.5. The van der Waals surface area contributed by atoms with Crippen LogP contribution in [0.25, 0.3) is 0 Å². The summed E-state index contributed by atoms with van der Waals surface area (Å²) in [6.45, 7) is -0.537. The van der Waals surface area contributed by atoms with Crippen LogP contribution in [0.2, 0.25) is 0 Å². The zero-order chi connectivity index (χ0) is 19.2. The van der Waals surface area contributed by atoms with Gasteiger partial charge in [0, 0.05) is 18.2 Å². The molecule has 0 saturated carbocycles. The SMILES string of the molecule is COc1ccc(S(=O)(=O)NCC(=O)NCc2ccccc2F)c(OC)c1. The van der Waals surface area contributed by atoms with Gasteiger partial charge in [0.1, 0.15) is 22.2 Å². The zero-order valence-corrected chi connectivity index (χ0v) is 15.1. The molecular formula is C17H19FN2O5S. The van der Waals surface area contributed by atoms with Gasteiger partial charge in [-0.05, 0) is 18.2 Å². The van der Waals surface area contributed by atoms with Crippen molar-refractivity contribution in [1.29, 1.82) is 0 Å². The Balaban J connectivity index is 1.99. The minimum absolute atomic E-state index is 0.0426. The number of carbonyl (C=O) groups excluding carboxylic acids is 1. The Morgan fingerprint density at radius 1 is 1.12 bits per heavy atom. The molecule has 0 unspecified atom stereocenters. The summed E-state index contributed by atoms with van der Waals surface area (Å²) < 4.78 is 50.5. The summed E-state index contributed by atoms with van der Waals surface area (Å²) in [6, 6.07) is 10.2. The molecule has 0 aliphatic heterocycles. The van der Waals surface area contributed by atoms with Crippen molar-refractivity contribution in [3.8, 4) is 11.5 Å². The molecule has 2 aromatic rings. The van der Waals surface area contributed by atoms with Gasteiger partial charge in [0.25, 0.3) is 0 Å². The van der Waals surface area contributed by atoms with Crippen LogP contribution in [0.4, 0.5) is 4.39 Å². The Kier molecular flexibility index (Phi) is 6.53. The highest BCUT2D eigenvalue weighted by atomic mass is 32.2. The van der Waals surface area contributed by atoms with E-state index < -0.39 is 28.3 Å². The van der Waals surface area contributed by atoms with Crippen LogP contribution >= 0.6 is 0 Å². The lowest BCUT2D eigenvalue weighted by molar-refractivity contribution is -0.120. The number of rotatable bonds is 8. The second-order valence-corrected chi connectivity index (χ2v) is 6.94. The number of halogens is 1. The van der Waals surface area contributed by atoms with E-state index in [0.717, 1.165) is 0 Å². The molecular weight excluding hydrogens is 363 g/mol. The summed E-state index contributed by atoms with van der Waals surface area (Å²) in [5.74, 6) is -0.521. The van der Waals surface area contributed by atoms with Crippen molar-refractivity contribution >= 4 is 15.9 Å². The lowest BCUT2D eigenvalue weighted by Gasteiger charge is -2.12. The van der Waals surface area contributed by atoms with E-state index in [2.05, 4.69) is 10.0 Å². The summed E-state index contributed by atoms with van der Waals surface area (Å²) in [5, 5.41) is 2.45. The van der Waals surface area contributed by atoms with Crippen LogP contribution in [0.1, 0.15) is 5.56 Å². The van der Waals surface area contributed by atoms with E-state index >= 15 is 0 Å². The van der Waals surface area contributed by atoms with E-state index in [9.17, 15) is 17.6 Å². The number of nitrogens with one attached hydrogen (secondary N) is 2. The molecule has 2 aromatic carbocycles. The number of methoxy groups -OCH3 is 2. The van der Waals surface area contributed by atoms with Crippen molar-refractivity contribution in [2.45, 2.75) is 11.4 Å². The Labute approximate surface area is 151 Å². The molecule has 0 aromatic heterocycles. The van der Waals surface area contributed by atoms with Gasteiger partial charge < -0.3 is 14.8 Å². The number of benzene rings is 2. The first-order valence-electron chi connectivity index (χ1n) is 7.59. The largest absolute Gasteiger partial charge is 0.497 e. The molecule has 0 aliphatic carbocycles. The second-order valence-electron chi connectivity index (χ2n) is 5.21. The third-order valence-corrected chi connectivity index (χ3v) is 4.96. The fourth-order valence-electron chi connectivity index (χ4n) is 2.13. The van der Waals surface area contributed by atoms with Crippen LogP contribution < -0.4 is 19.5 Å². The van der Waals surface area contributed by atoms with Gasteiger partial charge in [-0.15, -0.1) is 0 Å². The van der Waals surface area contributed by atoms with Crippen LogP contribution in [-0.4, -0.2) is 35.1 Å². The molecule has 0 heterocycles. The molecule has 1 amide bonds. The molecule has 2 N–H and O–H groups in total. The van der Waals surface area contributed by atoms with E-state index in [0.29, 0.717) is 11.3 Å². The second kappa shape index (κ2) is 8.63. The molecule has 9 heteroatoms. The highest BCUT2D eigenvalue weighted by Crippen LogP contribution is 2.28. The number of sulfonamides is 1. The monoisotopic (exact) mass is 382 g/mol. The highest BCUT2D eigenvalue weighted by molar-refractivity contribution is 7.89. The Morgan fingerprint density at radius 2 is 1.85 bits per heavy atom. The van der Waals surface area contributed by atoms with E-state index in [1.165, 1.54) is 50.6 Å². The van der Waals surface area contributed by atoms with Crippen LogP contribution in [-0.2, 0) is 21.4 Å². The van der Waals surface area contributed by atoms with Crippen LogP contribution in [0.15, 0.2) is 47.4 Å². The minimum Gasteiger partial charge on any atom is -0.497 e. The van der Waals surface area contributed by atoms with Gasteiger partial charge in [-0.25, -0.2) is 17.5 Å². The van der Waals surface area contributed by atoms with Gasteiger partial charge in [-0.2, -0.15) is 0 Å². The Morgan fingerprint density at radius 3 is 2.50 bits per heavy atom. The molecule has 0 atom stereocenters. The lowest BCUT2D eigenvalue weighted by Crippen LogP contribution is -2.36. The summed E-state index contributed by atoms with van der Waals surface area (Å²) >= 11 is 0. The van der Waals surface area contributed by atoms with E-state index in [-0.39, 0.29) is 17.2 Å². The molecule has 0 saturated heterocycles. The molecule has 2 rings (SSSR count).